The van der Waals surface area contributed by atoms with Gasteiger partial charge in [-0.2, -0.15) is 0 Å². The topological polar surface area (TPSA) is 59.0 Å². The molecule has 0 aliphatic carbocycles. The minimum Gasteiger partial charge on any atom is -0.493 e. The second-order valence-electron chi connectivity index (χ2n) is 6.44. The summed E-state index contributed by atoms with van der Waals surface area (Å²) in [4.78, 5) is 13.5. The Morgan fingerprint density at radius 3 is 2.73 bits per heavy atom. The Balaban J connectivity index is 2.18. The van der Waals surface area contributed by atoms with Gasteiger partial charge in [0.2, 0.25) is 0 Å². The average molecular weight is 307 g/mol. The molecule has 1 unspecified atom stereocenters. The van der Waals surface area contributed by atoms with Gasteiger partial charge in [0.15, 0.2) is 11.5 Å². The van der Waals surface area contributed by atoms with E-state index in [2.05, 4.69) is 4.90 Å². The number of carbonyl (C=O) groups is 1. The van der Waals surface area contributed by atoms with Crippen LogP contribution in [0.2, 0.25) is 0 Å². The zero-order valence-corrected chi connectivity index (χ0v) is 13.8. The largest absolute Gasteiger partial charge is 0.493 e. The highest BCUT2D eigenvalue weighted by Crippen LogP contribution is 2.36. The van der Waals surface area contributed by atoms with E-state index in [1.807, 2.05) is 39.0 Å². The van der Waals surface area contributed by atoms with Gasteiger partial charge in [0.1, 0.15) is 0 Å². The van der Waals surface area contributed by atoms with Gasteiger partial charge in [-0.1, -0.05) is 12.1 Å². The number of likely N-dealkylation sites (tertiary alicyclic amines) is 1. The Kier molecular flexibility index (Phi) is 4.96. The molecule has 22 heavy (non-hydrogen) atoms. The highest BCUT2D eigenvalue weighted by atomic mass is 16.5. The second-order valence-corrected chi connectivity index (χ2v) is 6.44. The van der Waals surface area contributed by atoms with E-state index in [0.29, 0.717) is 25.3 Å². The number of methoxy groups -OCH3 is 1. The van der Waals surface area contributed by atoms with Gasteiger partial charge in [0.25, 0.3) is 0 Å². The quantitative estimate of drug-likeness (QED) is 0.875. The maximum atomic E-state index is 11.4. The van der Waals surface area contributed by atoms with Gasteiger partial charge in [-0.05, 0) is 39.8 Å². The summed E-state index contributed by atoms with van der Waals surface area (Å²) in [5.74, 6) is 0.745. The lowest BCUT2D eigenvalue weighted by Crippen LogP contribution is -2.31. The number of ether oxygens (including phenoxy) is 2. The fourth-order valence-electron chi connectivity index (χ4n) is 2.82. The van der Waals surface area contributed by atoms with E-state index in [9.17, 15) is 9.90 Å². The molecular formula is C17H25NO4. The summed E-state index contributed by atoms with van der Waals surface area (Å²) >= 11 is 0. The van der Waals surface area contributed by atoms with Crippen LogP contribution in [0.15, 0.2) is 18.2 Å². The first-order valence-electron chi connectivity index (χ1n) is 7.64. The molecule has 1 aliphatic heterocycles. The average Bonchev–Trinajstić information content (AvgIpc) is 2.83. The van der Waals surface area contributed by atoms with Crippen molar-refractivity contribution in [1.29, 1.82) is 0 Å². The number of aliphatic carboxylic acids is 1. The van der Waals surface area contributed by atoms with Crippen molar-refractivity contribution in [3.63, 3.8) is 0 Å². The van der Waals surface area contributed by atoms with Crippen LogP contribution in [-0.4, -0.2) is 42.3 Å². The fourth-order valence-corrected chi connectivity index (χ4v) is 2.82. The highest BCUT2D eigenvalue weighted by Gasteiger charge is 2.40. The molecule has 1 aromatic rings. The number of benzene rings is 1. The summed E-state index contributed by atoms with van der Waals surface area (Å²) in [5, 5.41) is 9.34. The molecule has 122 valence electrons. The van der Waals surface area contributed by atoms with Crippen molar-refractivity contribution in [2.45, 2.75) is 39.8 Å². The number of carboxylic acid groups (broad SMARTS) is 1. The third-order valence-electron chi connectivity index (χ3n) is 4.10. The van der Waals surface area contributed by atoms with Crippen LogP contribution >= 0.6 is 0 Å². The number of nitrogens with zero attached hydrogens (tertiary/aromatic N) is 1. The van der Waals surface area contributed by atoms with Crippen molar-refractivity contribution < 1.29 is 19.4 Å². The lowest BCUT2D eigenvalue weighted by atomic mass is 9.90. The molecule has 0 saturated carbocycles. The van der Waals surface area contributed by atoms with E-state index in [1.165, 1.54) is 0 Å². The molecule has 5 nitrogen and oxygen atoms in total. The Morgan fingerprint density at radius 1 is 1.45 bits per heavy atom. The maximum Gasteiger partial charge on any atom is 0.310 e. The molecule has 1 aromatic carbocycles. The van der Waals surface area contributed by atoms with Gasteiger partial charge >= 0.3 is 5.97 Å². The van der Waals surface area contributed by atoms with Gasteiger partial charge < -0.3 is 14.6 Å². The number of carboxylic acids is 1. The number of rotatable bonds is 6. The molecule has 2 rings (SSSR count). The molecule has 1 aliphatic rings. The van der Waals surface area contributed by atoms with Gasteiger partial charge in [0, 0.05) is 18.7 Å². The minimum absolute atomic E-state index is 0.0536. The number of hydrogen-bond acceptors (Lipinski definition) is 4. The lowest BCUT2D eigenvalue weighted by Gasteiger charge is -2.22. The molecule has 5 heteroatoms. The Labute approximate surface area is 131 Å². The molecule has 1 saturated heterocycles. The van der Waals surface area contributed by atoms with Crippen molar-refractivity contribution in [2.24, 2.45) is 5.41 Å². The number of hydrogen-bond donors (Lipinski definition) is 1. The van der Waals surface area contributed by atoms with Gasteiger partial charge in [-0.3, -0.25) is 9.69 Å². The summed E-state index contributed by atoms with van der Waals surface area (Å²) in [5.41, 5.74) is 0.375. The molecule has 0 spiro atoms. The van der Waals surface area contributed by atoms with Crippen LogP contribution < -0.4 is 9.47 Å². The van der Waals surface area contributed by atoms with Crippen LogP contribution in [0.25, 0.3) is 0 Å². The van der Waals surface area contributed by atoms with E-state index in [-0.39, 0.29) is 6.10 Å². The van der Waals surface area contributed by atoms with Crippen molar-refractivity contribution >= 4 is 5.97 Å². The first kappa shape index (κ1) is 16.6. The van der Waals surface area contributed by atoms with Crippen LogP contribution in [0.4, 0.5) is 0 Å². The van der Waals surface area contributed by atoms with Crippen LogP contribution in [0, 0.1) is 5.41 Å². The van der Waals surface area contributed by atoms with Crippen molar-refractivity contribution in [3.05, 3.63) is 23.8 Å². The van der Waals surface area contributed by atoms with Crippen LogP contribution in [0.3, 0.4) is 0 Å². The van der Waals surface area contributed by atoms with Crippen LogP contribution in [0.5, 0.6) is 11.5 Å². The van der Waals surface area contributed by atoms with E-state index in [0.717, 1.165) is 17.9 Å². The Hall–Kier alpha value is -1.75. The third kappa shape index (κ3) is 3.53. The summed E-state index contributed by atoms with van der Waals surface area (Å²) in [6, 6.07) is 5.83. The Bertz CT molecular complexity index is 543. The molecular weight excluding hydrogens is 282 g/mol. The standard InChI is InChI=1S/C17H25NO4/c1-12(2)22-15-13(6-5-7-14(15)21-4)10-18-9-8-17(3,11-18)16(19)20/h5-7,12H,8-11H2,1-4H3,(H,19,20). The van der Waals surface area contributed by atoms with E-state index in [1.54, 1.807) is 7.11 Å². The van der Waals surface area contributed by atoms with E-state index >= 15 is 0 Å². The van der Waals surface area contributed by atoms with Crippen molar-refractivity contribution in [1.82, 2.24) is 4.90 Å². The smallest absolute Gasteiger partial charge is 0.310 e. The molecule has 0 aromatic heterocycles. The zero-order valence-electron chi connectivity index (χ0n) is 13.8. The SMILES string of the molecule is COc1cccc(CN2CCC(C)(C(=O)O)C2)c1OC(C)C. The molecule has 1 heterocycles. The van der Waals surface area contributed by atoms with Crippen LogP contribution in [0.1, 0.15) is 32.8 Å². The summed E-state index contributed by atoms with van der Waals surface area (Å²) in [6.07, 6.45) is 0.727. The zero-order chi connectivity index (χ0) is 16.3. The summed E-state index contributed by atoms with van der Waals surface area (Å²) in [6.45, 7) is 7.78. The van der Waals surface area contributed by atoms with E-state index in [4.69, 9.17) is 9.47 Å². The third-order valence-corrected chi connectivity index (χ3v) is 4.10. The molecule has 1 fully saturated rings. The van der Waals surface area contributed by atoms with Gasteiger partial charge in [-0.15, -0.1) is 0 Å². The molecule has 1 atom stereocenters. The second kappa shape index (κ2) is 6.57. The predicted octanol–water partition coefficient (Wildman–Crippen LogP) is 2.78. The van der Waals surface area contributed by atoms with Gasteiger partial charge in [-0.25, -0.2) is 0 Å². The van der Waals surface area contributed by atoms with Crippen molar-refractivity contribution in [2.75, 3.05) is 20.2 Å². The predicted molar refractivity (Wildman–Crippen MR) is 84.4 cm³/mol. The molecule has 0 radical (unpaired) electrons. The summed E-state index contributed by atoms with van der Waals surface area (Å²) in [7, 11) is 1.63. The number of para-hydroxylation sites is 1. The normalized spacial score (nSPS) is 22.0. The van der Waals surface area contributed by atoms with Crippen LogP contribution in [-0.2, 0) is 11.3 Å². The first-order valence-corrected chi connectivity index (χ1v) is 7.64. The maximum absolute atomic E-state index is 11.4. The van der Waals surface area contributed by atoms with Gasteiger partial charge in [0.05, 0.1) is 18.6 Å². The fraction of sp³-hybridized carbons (Fsp3) is 0.588. The van der Waals surface area contributed by atoms with Crippen molar-refractivity contribution in [3.8, 4) is 11.5 Å². The minimum atomic E-state index is -0.723. The van der Waals surface area contributed by atoms with E-state index < -0.39 is 11.4 Å². The monoisotopic (exact) mass is 307 g/mol. The molecule has 1 N–H and O–H groups in total. The summed E-state index contributed by atoms with van der Waals surface area (Å²) < 4.78 is 11.3. The Morgan fingerprint density at radius 2 is 2.18 bits per heavy atom. The molecule has 0 amide bonds. The highest BCUT2D eigenvalue weighted by molar-refractivity contribution is 5.74. The molecule has 0 bridgehead atoms. The lowest BCUT2D eigenvalue weighted by molar-refractivity contribution is -0.147. The first-order chi connectivity index (χ1) is 10.4.